The molecule has 0 aromatic heterocycles. The van der Waals surface area contributed by atoms with Gasteiger partial charge >= 0.3 is 5.97 Å². The first-order valence-corrected chi connectivity index (χ1v) is 10.0. The Kier molecular flexibility index (Phi) is 7.38. The van der Waals surface area contributed by atoms with Gasteiger partial charge in [-0.05, 0) is 42.2 Å². The third-order valence-electron chi connectivity index (χ3n) is 4.85. The molecule has 1 saturated carbocycles. The quantitative estimate of drug-likeness (QED) is 0.513. The van der Waals surface area contributed by atoms with Gasteiger partial charge in [0.2, 0.25) is 5.91 Å². The summed E-state index contributed by atoms with van der Waals surface area (Å²) >= 11 is 0. The summed E-state index contributed by atoms with van der Waals surface area (Å²) in [5.74, 6) is -0.621. The summed E-state index contributed by atoms with van der Waals surface area (Å²) in [6, 6.07) is 17.0. The van der Waals surface area contributed by atoms with Crippen LogP contribution in [0, 0.1) is 0 Å². The Balaban J connectivity index is 1.63. The van der Waals surface area contributed by atoms with Gasteiger partial charge in [-0.25, -0.2) is 0 Å². The second-order valence-corrected chi connectivity index (χ2v) is 7.27. The number of rotatable bonds is 9. The van der Waals surface area contributed by atoms with Crippen molar-refractivity contribution in [2.24, 2.45) is 0 Å². The summed E-state index contributed by atoms with van der Waals surface area (Å²) in [7, 11) is 1.33. The minimum absolute atomic E-state index is 0.0686. The predicted octanol–water partition coefficient (Wildman–Crippen LogP) is 3.18. The van der Waals surface area contributed by atoms with Crippen LogP contribution in [0.5, 0.6) is 0 Å². The maximum Gasteiger partial charge on any atom is 0.307 e. The van der Waals surface area contributed by atoms with Crippen molar-refractivity contribution in [3.63, 3.8) is 0 Å². The fourth-order valence-corrected chi connectivity index (χ4v) is 2.91. The number of esters is 1. The SMILES string of the molecule is COC(=O)CCN(Cc1ccccc1)C(=O)/C=C/c1ccc(C(=O)NC2CC2)cc1. The van der Waals surface area contributed by atoms with Crippen LogP contribution in [0.25, 0.3) is 6.08 Å². The highest BCUT2D eigenvalue weighted by Crippen LogP contribution is 2.19. The highest BCUT2D eigenvalue weighted by atomic mass is 16.5. The molecule has 6 heteroatoms. The highest BCUT2D eigenvalue weighted by molar-refractivity contribution is 5.95. The molecular weight excluding hydrogens is 380 g/mol. The van der Waals surface area contributed by atoms with Gasteiger partial charge in [-0.3, -0.25) is 14.4 Å². The number of carbonyl (C=O) groups is 3. The Morgan fingerprint density at radius 3 is 2.40 bits per heavy atom. The van der Waals surface area contributed by atoms with Gasteiger partial charge in [-0.1, -0.05) is 42.5 Å². The number of hydrogen-bond acceptors (Lipinski definition) is 4. The Morgan fingerprint density at radius 2 is 1.77 bits per heavy atom. The summed E-state index contributed by atoms with van der Waals surface area (Å²) in [4.78, 5) is 37.9. The van der Waals surface area contributed by atoms with Crippen molar-refractivity contribution in [2.75, 3.05) is 13.7 Å². The highest BCUT2D eigenvalue weighted by Gasteiger charge is 2.23. The van der Waals surface area contributed by atoms with Crippen LogP contribution >= 0.6 is 0 Å². The van der Waals surface area contributed by atoms with Crippen molar-refractivity contribution >= 4 is 23.9 Å². The van der Waals surface area contributed by atoms with E-state index in [1.54, 1.807) is 23.1 Å². The second-order valence-electron chi connectivity index (χ2n) is 7.27. The summed E-state index contributed by atoms with van der Waals surface area (Å²) in [5.41, 5.74) is 2.41. The monoisotopic (exact) mass is 406 g/mol. The lowest BCUT2D eigenvalue weighted by Crippen LogP contribution is -2.31. The molecule has 0 bridgehead atoms. The van der Waals surface area contributed by atoms with E-state index < -0.39 is 0 Å². The lowest BCUT2D eigenvalue weighted by molar-refractivity contribution is -0.141. The predicted molar refractivity (Wildman–Crippen MR) is 114 cm³/mol. The van der Waals surface area contributed by atoms with Crippen LogP contribution in [0.4, 0.5) is 0 Å². The van der Waals surface area contributed by atoms with Gasteiger partial charge in [-0.2, -0.15) is 0 Å². The standard InChI is InChI=1S/C24H26N2O4/c1-30-23(28)15-16-26(17-19-5-3-2-4-6-19)22(27)14-9-18-7-10-20(11-8-18)24(29)25-21-12-13-21/h2-11,14,21H,12-13,15-17H2,1H3,(H,25,29)/b14-9+. The van der Waals surface area contributed by atoms with Crippen LogP contribution in [0.15, 0.2) is 60.7 Å². The number of nitrogens with zero attached hydrogens (tertiary/aromatic N) is 1. The minimum Gasteiger partial charge on any atom is -0.469 e. The number of methoxy groups -OCH3 is 1. The number of carbonyl (C=O) groups excluding carboxylic acids is 3. The fourth-order valence-electron chi connectivity index (χ4n) is 2.91. The molecule has 0 aliphatic heterocycles. The van der Waals surface area contributed by atoms with Crippen molar-refractivity contribution in [1.29, 1.82) is 0 Å². The number of ether oxygens (including phenoxy) is 1. The molecule has 1 aliphatic rings. The van der Waals surface area contributed by atoms with Crippen molar-refractivity contribution in [2.45, 2.75) is 31.8 Å². The van der Waals surface area contributed by atoms with E-state index in [0.717, 1.165) is 24.0 Å². The first kappa shape index (κ1) is 21.3. The van der Waals surface area contributed by atoms with Crippen molar-refractivity contribution in [3.05, 3.63) is 77.4 Å². The molecule has 2 aromatic carbocycles. The molecule has 0 radical (unpaired) electrons. The first-order chi connectivity index (χ1) is 14.5. The molecule has 0 unspecified atom stereocenters. The van der Waals surface area contributed by atoms with E-state index >= 15 is 0 Å². The molecular formula is C24H26N2O4. The molecule has 0 saturated heterocycles. The summed E-state index contributed by atoms with van der Waals surface area (Å²) in [6.07, 6.45) is 5.42. The van der Waals surface area contributed by atoms with Gasteiger partial charge in [0.05, 0.1) is 13.5 Å². The van der Waals surface area contributed by atoms with Crippen molar-refractivity contribution in [1.82, 2.24) is 10.2 Å². The molecule has 0 spiro atoms. The molecule has 2 aromatic rings. The van der Waals surface area contributed by atoms with E-state index in [1.165, 1.54) is 13.2 Å². The molecule has 30 heavy (non-hydrogen) atoms. The molecule has 1 N–H and O–H groups in total. The van der Waals surface area contributed by atoms with E-state index in [9.17, 15) is 14.4 Å². The van der Waals surface area contributed by atoms with Crippen LogP contribution in [0.3, 0.4) is 0 Å². The van der Waals surface area contributed by atoms with Gasteiger partial charge in [0, 0.05) is 30.8 Å². The van der Waals surface area contributed by atoms with Crippen LogP contribution < -0.4 is 5.32 Å². The normalized spacial score (nSPS) is 13.1. The summed E-state index contributed by atoms with van der Waals surface area (Å²) < 4.78 is 4.69. The lowest BCUT2D eigenvalue weighted by Gasteiger charge is -2.21. The molecule has 6 nitrogen and oxygen atoms in total. The molecule has 156 valence electrons. The summed E-state index contributed by atoms with van der Waals surface area (Å²) in [6.45, 7) is 0.673. The van der Waals surface area contributed by atoms with Crippen LogP contribution in [-0.2, 0) is 20.9 Å². The molecule has 2 amide bonds. The third kappa shape index (κ3) is 6.58. The zero-order valence-corrected chi connectivity index (χ0v) is 17.0. The van der Waals surface area contributed by atoms with E-state index in [2.05, 4.69) is 5.32 Å². The van der Waals surface area contributed by atoms with Crippen LogP contribution in [-0.4, -0.2) is 42.4 Å². The molecule has 1 fully saturated rings. The zero-order valence-electron chi connectivity index (χ0n) is 17.0. The Hall–Kier alpha value is -3.41. The van der Waals surface area contributed by atoms with Crippen LogP contribution in [0.2, 0.25) is 0 Å². The molecule has 1 aliphatic carbocycles. The first-order valence-electron chi connectivity index (χ1n) is 10.0. The van der Waals surface area contributed by atoms with Gasteiger partial charge in [0.25, 0.3) is 5.91 Å². The molecule has 0 atom stereocenters. The number of nitrogens with one attached hydrogen (secondary N) is 1. The van der Waals surface area contributed by atoms with Crippen LogP contribution in [0.1, 0.15) is 40.7 Å². The average molecular weight is 406 g/mol. The van der Waals surface area contributed by atoms with E-state index in [1.807, 2.05) is 42.5 Å². The Labute approximate surface area is 176 Å². The third-order valence-corrected chi connectivity index (χ3v) is 4.85. The molecule has 0 heterocycles. The average Bonchev–Trinajstić information content (AvgIpc) is 3.59. The smallest absolute Gasteiger partial charge is 0.307 e. The van der Waals surface area contributed by atoms with Gasteiger partial charge in [0.1, 0.15) is 0 Å². The van der Waals surface area contributed by atoms with Gasteiger partial charge < -0.3 is 15.0 Å². The van der Waals surface area contributed by atoms with Gasteiger partial charge in [0.15, 0.2) is 0 Å². The number of hydrogen-bond donors (Lipinski definition) is 1. The minimum atomic E-state index is -0.357. The van der Waals surface area contributed by atoms with E-state index in [-0.39, 0.29) is 30.7 Å². The van der Waals surface area contributed by atoms with Crippen molar-refractivity contribution in [3.8, 4) is 0 Å². The molecule has 3 rings (SSSR count). The summed E-state index contributed by atoms with van der Waals surface area (Å²) in [5, 5.41) is 2.95. The second kappa shape index (κ2) is 10.4. The maximum absolute atomic E-state index is 12.7. The topological polar surface area (TPSA) is 75.7 Å². The lowest BCUT2D eigenvalue weighted by atomic mass is 10.1. The fraction of sp³-hybridized carbons (Fsp3) is 0.292. The zero-order chi connectivity index (χ0) is 21.3. The van der Waals surface area contributed by atoms with E-state index in [0.29, 0.717) is 18.2 Å². The van der Waals surface area contributed by atoms with Gasteiger partial charge in [-0.15, -0.1) is 0 Å². The van der Waals surface area contributed by atoms with E-state index in [4.69, 9.17) is 4.74 Å². The largest absolute Gasteiger partial charge is 0.469 e. The maximum atomic E-state index is 12.7. The van der Waals surface area contributed by atoms with Crippen molar-refractivity contribution < 1.29 is 19.1 Å². The number of amides is 2. The Bertz CT molecular complexity index is 903. The Morgan fingerprint density at radius 1 is 1.07 bits per heavy atom. The number of benzene rings is 2.